The molecule has 0 saturated carbocycles. The molecule has 3 rings (SSSR count). The number of aliphatic imine (C=N–C) groups is 1. The molecule has 3 heterocycles. The smallest absolute Gasteiger partial charge is 0.263 e. The van der Waals surface area contributed by atoms with Crippen LogP contribution in [0.1, 0.15) is 12.8 Å². The Morgan fingerprint density at radius 3 is 2.73 bits per heavy atom. The van der Waals surface area contributed by atoms with E-state index >= 15 is 0 Å². The molecule has 0 atom stereocenters. The summed E-state index contributed by atoms with van der Waals surface area (Å²) in [6, 6.07) is 0. The van der Waals surface area contributed by atoms with Gasteiger partial charge in [0.25, 0.3) is 5.91 Å². The third-order valence-electron chi connectivity index (χ3n) is 3.94. The van der Waals surface area contributed by atoms with E-state index in [9.17, 15) is 9.18 Å². The summed E-state index contributed by atoms with van der Waals surface area (Å²) in [6.07, 6.45) is 7.01. The van der Waals surface area contributed by atoms with Crippen LogP contribution in [-0.4, -0.2) is 36.0 Å². The molecular formula is C16H17ClFN7O. The lowest BCUT2D eigenvalue weighted by molar-refractivity contribution is -0.112. The lowest BCUT2D eigenvalue weighted by atomic mass is 10.2. The zero-order valence-electron chi connectivity index (χ0n) is 13.7. The highest BCUT2D eigenvalue weighted by molar-refractivity contribution is 6.34. The molecule has 0 spiro atoms. The normalized spacial score (nSPS) is 18.2. The van der Waals surface area contributed by atoms with Crippen LogP contribution < -0.4 is 21.3 Å². The fourth-order valence-electron chi connectivity index (χ4n) is 2.80. The number of hydrogen-bond donors (Lipinski definition) is 4. The Morgan fingerprint density at radius 1 is 1.38 bits per heavy atom. The molecule has 1 aromatic heterocycles. The van der Waals surface area contributed by atoms with Crippen molar-refractivity contribution in [2.75, 3.05) is 23.3 Å². The quantitative estimate of drug-likeness (QED) is 0.363. The molecule has 26 heavy (non-hydrogen) atoms. The van der Waals surface area contributed by atoms with Crippen LogP contribution in [-0.2, 0) is 4.79 Å². The molecule has 0 radical (unpaired) electrons. The number of hydrogen-bond acceptors (Lipinski definition) is 6. The summed E-state index contributed by atoms with van der Waals surface area (Å²) in [5, 5.41) is 13.3. The molecular weight excluding hydrogens is 361 g/mol. The molecule has 0 aromatic carbocycles. The summed E-state index contributed by atoms with van der Waals surface area (Å²) in [6.45, 7) is 1.65. The Balaban J connectivity index is 1.92. The van der Waals surface area contributed by atoms with Crippen LogP contribution in [0.3, 0.4) is 0 Å². The summed E-state index contributed by atoms with van der Waals surface area (Å²) >= 11 is 6.28. The molecule has 5 N–H and O–H groups in total. The van der Waals surface area contributed by atoms with Crippen molar-refractivity contribution in [1.29, 1.82) is 5.41 Å². The van der Waals surface area contributed by atoms with Crippen LogP contribution in [0.2, 0.25) is 5.02 Å². The van der Waals surface area contributed by atoms with Crippen molar-refractivity contribution in [3.8, 4) is 0 Å². The largest absolute Gasteiger partial charge is 0.383 e. The minimum atomic E-state index is -0.669. The monoisotopic (exact) mass is 377 g/mol. The van der Waals surface area contributed by atoms with Gasteiger partial charge in [0.2, 0.25) is 0 Å². The Labute approximate surface area is 154 Å². The Hall–Kier alpha value is -2.94. The van der Waals surface area contributed by atoms with E-state index in [1.54, 1.807) is 0 Å². The van der Waals surface area contributed by atoms with Crippen molar-refractivity contribution < 1.29 is 9.18 Å². The lowest BCUT2D eigenvalue weighted by Gasteiger charge is -2.23. The van der Waals surface area contributed by atoms with Gasteiger partial charge in [0.05, 0.1) is 28.8 Å². The highest BCUT2D eigenvalue weighted by Gasteiger charge is 2.24. The van der Waals surface area contributed by atoms with E-state index in [0.717, 1.165) is 38.3 Å². The third-order valence-corrected chi connectivity index (χ3v) is 4.22. The predicted molar refractivity (Wildman–Crippen MR) is 99.1 cm³/mol. The molecule has 0 bridgehead atoms. The number of carbonyl (C=O) groups is 1. The van der Waals surface area contributed by atoms with Gasteiger partial charge in [-0.05, 0) is 12.8 Å². The van der Waals surface area contributed by atoms with Crippen LogP contribution >= 0.6 is 11.6 Å². The number of allylic oxidation sites excluding steroid dienone is 1. The maximum Gasteiger partial charge on any atom is 0.263 e. The molecule has 0 unspecified atom stereocenters. The average molecular weight is 378 g/mol. The lowest BCUT2D eigenvalue weighted by Crippen LogP contribution is -2.30. The molecule has 2 aliphatic heterocycles. The van der Waals surface area contributed by atoms with Crippen molar-refractivity contribution in [2.45, 2.75) is 12.8 Å². The van der Waals surface area contributed by atoms with E-state index in [1.165, 1.54) is 12.4 Å². The van der Waals surface area contributed by atoms with Gasteiger partial charge >= 0.3 is 0 Å². The van der Waals surface area contributed by atoms with Crippen molar-refractivity contribution in [3.63, 3.8) is 0 Å². The van der Waals surface area contributed by atoms with Crippen LogP contribution in [0.5, 0.6) is 0 Å². The average Bonchev–Trinajstić information content (AvgIpc) is 3.10. The topological polar surface area (TPSA) is 119 Å². The standard InChI is InChI=1S/C16H17ClFN7O/c17-10-7-21-8-11(13(10)25-3-1-2-4-25)24-16(26)12(14(19)20)15-22-5-9(18)6-23-15/h5-8,22H,1-4H2,(H3,19,20)(H,24,26)/b15-12-. The molecule has 1 saturated heterocycles. The number of pyridine rings is 1. The Morgan fingerprint density at radius 2 is 2.12 bits per heavy atom. The van der Waals surface area contributed by atoms with E-state index in [-0.39, 0.29) is 11.4 Å². The molecule has 136 valence electrons. The number of amidine groups is 1. The fraction of sp³-hybridized carbons (Fsp3) is 0.250. The molecule has 10 heteroatoms. The summed E-state index contributed by atoms with van der Waals surface area (Å²) in [4.78, 5) is 22.6. The van der Waals surface area contributed by atoms with E-state index < -0.39 is 17.6 Å². The first-order valence-corrected chi connectivity index (χ1v) is 8.30. The van der Waals surface area contributed by atoms with E-state index in [0.29, 0.717) is 16.4 Å². The van der Waals surface area contributed by atoms with Crippen molar-refractivity contribution in [3.05, 3.63) is 40.8 Å². The molecule has 8 nitrogen and oxygen atoms in total. The number of rotatable bonds is 4. The van der Waals surface area contributed by atoms with Crippen molar-refractivity contribution >= 4 is 40.9 Å². The number of halogens is 2. The highest BCUT2D eigenvalue weighted by atomic mass is 35.5. The minimum Gasteiger partial charge on any atom is -0.383 e. The molecule has 0 aliphatic carbocycles. The number of nitrogens with two attached hydrogens (primary N) is 1. The van der Waals surface area contributed by atoms with Gasteiger partial charge in [-0.3, -0.25) is 15.2 Å². The van der Waals surface area contributed by atoms with Gasteiger partial charge in [-0.15, -0.1) is 0 Å². The second kappa shape index (κ2) is 7.52. The predicted octanol–water partition coefficient (Wildman–Crippen LogP) is 1.91. The SMILES string of the molecule is N=C(N)/C(C(=O)Nc1cncc(Cl)c1N1CCCC1)=C1/N=CC(F)=CN1. The van der Waals surface area contributed by atoms with Gasteiger partial charge in [0.1, 0.15) is 17.2 Å². The minimum absolute atomic E-state index is 0.0193. The summed E-state index contributed by atoms with van der Waals surface area (Å²) in [5.41, 5.74) is 6.40. The summed E-state index contributed by atoms with van der Waals surface area (Å²) in [5.74, 6) is -1.80. The number of anilines is 2. The number of nitrogens with one attached hydrogen (secondary N) is 3. The maximum absolute atomic E-state index is 13.1. The second-order valence-electron chi connectivity index (χ2n) is 5.73. The first-order chi connectivity index (χ1) is 12.5. The summed E-state index contributed by atoms with van der Waals surface area (Å²) < 4.78 is 13.1. The van der Waals surface area contributed by atoms with E-state index in [1.807, 2.05) is 0 Å². The Bertz CT molecular complexity index is 843. The zero-order chi connectivity index (χ0) is 18.7. The number of amides is 1. The molecule has 1 amide bonds. The van der Waals surface area contributed by atoms with Crippen LogP contribution in [0, 0.1) is 5.41 Å². The van der Waals surface area contributed by atoms with Crippen LogP contribution in [0.15, 0.2) is 40.8 Å². The van der Waals surface area contributed by atoms with Crippen LogP contribution in [0.4, 0.5) is 15.8 Å². The summed E-state index contributed by atoms with van der Waals surface area (Å²) in [7, 11) is 0. The van der Waals surface area contributed by atoms with E-state index in [4.69, 9.17) is 22.7 Å². The van der Waals surface area contributed by atoms with Crippen LogP contribution in [0.25, 0.3) is 0 Å². The van der Waals surface area contributed by atoms with E-state index in [2.05, 4.69) is 25.5 Å². The third kappa shape index (κ3) is 3.67. The first kappa shape index (κ1) is 17.9. The van der Waals surface area contributed by atoms with Gasteiger partial charge in [-0.1, -0.05) is 11.6 Å². The highest BCUT2D eigenvalue weighted by Crippen LogP contribution is 2.35. The maximum atomic E-state index is 13.1. The zero-order valence-corrected chi connectivity index (χ0v) is 14.5. The van der Waals surface area contributed by atoms with Gasteiger partial charge in [0.15, 0.2) is 5.83 Å². The molecule has 1 aromatic rings. The van der Waals surface area contributed by atoms with Crippen molar-refractivity contribution in [2.24, 2.45) is 10.7 Å². The molecule has 1 fully saturated rings. The fourth-order valence-corrected chi connectivity index (χ4v) is 3.08. The number of aromatic nitrogens is 1. The van der Waals surface area contributed by atoms with Crippen molar-refractivity contribution in [1.82, 2.24) is 10.3 Å². The van der Waals surface area contributed by atoms with Gasteiger partial charge in [0, 0.05) is 25.5 Å². The second-order valence-corrected chi connectivity index (χ2v) is 6.14. The number of nitrogens with zero attached hydrogens (tertiary/aromatic N) is 3. The van der Waals surface area contributed by atoms with Gasteiger partial charge < -0.3 is 21.3 Å². The molecule has 2 aliphatic rings. The number of carbonyl (C=O) groups excluding carboxylic acids is 1. The first-order valence-electron chi connectivity index (χ1n) is 7.92. The Kier molecular flexibility index (Phi) is 5.17. The van der Waals surface area contributed by atoms with Gasteiger partial charge in [-0.25, -0.2) is 9.38 Å². The van der Waals surface area contributed by atoms with Gasteiger partial charge in [-0.2, -0.15) is 0 Å².